The molecule has 0 saturated carbocycles. The molecular weight excluding hydrogens is 464 g/mol. The van der Waals surface area contributed by atoms with Gasteiger partial charge in [0.15, 0.2) is 11.5 Å². The zero-order valence-corrected chi connectivity index (χ0v) is 21.0. The largest absolute Gasteiger partial charge is 0.497 e. The summed E-state index contributed by atoms with van der Waals surface area (Å²) in [6.45, 7) is 4.31. The fourth-order valence-corrected chi connectivity index (χ4v) is 4.37. The average molecular weight is 495 g/mol. The van der Waals surface area contributed by atoms with Gasteiger partial charge in [0.1, 0.15) is 11.8 Å². The molecule has 0 spiro atoms. The van der Waals surface area contributed by atoms with Crippen molar-refractivity contribution < 1.29 is 23.8 Å². The van der Waals surface area contributed by atoms with E-state index < -0.39 is 6.04 Å². The fraction of sp³-hybridized carbons (Fsp3) is 0.259. The molecule has 0 aliphatic rings. The van der Waals surface area contributed by atoms with E-state index >= 15 is 0 Å². The van der Waals surface area contributed by atoms with Crippen molar-refractivity contribution in [3.63, 3.8) is 0 Å². The highest BCUT2D eigenvalue weighted by Gasteiger charge is 2.31. The lowest BCUT2D eigenvalue weighted by molar-refractivity contribution is -0.139. The average Bonchev–Trinajstić information content (AvgIpc) is 3.40. The molecule has 3 rings (SSSR count). The smallest absolute Gasteiger partial charge is 0.247 e. The minimum atomic E-state index is -0.890. The standard InChI is InChI=1S/C27H30N2O5S/c1-5-14-29(25(30)17-22-7-6-15-35-22)26(20-10-13-23(33-3)24(16-20)34-4)27(31)28-18-19-8-11-21(32-2)12-9-19/h5-13,15-16,26H,1,14,17-18H2,2-4H3,(H,28,31)/t26-/m0/s1. The summed E-state index contributed by atoms with van der Waals surface area (Å²) in [6, 6.07) is 15.6. The molecule has 0 fully saturated rings. The predicted octanol–water partition coefficient (Wildman–Crippen LogP) is 4.39. The molecule has 3 aromatic rings. The maximum absolute atomic E-state index is 13.6. The first kappa shape index (κ1) is 25.8. The van der Waals surface area contributed by atoms with E-state index in [1.165, 1.54) is 23.3 Å². The van der Waals surface area contributed by atoms with Crippen LogP contribution in [-0.2, 0) is 22.6 Å². The van der Waals surface area contributed by atoms with Gasteiger partial charge >= 0.3 is 0 Å². The second kappa shape index (κ2) is 12.6. The monoisotopic (exact) mass is 494 g/mol. The molecule has 7 nitrogen and oxygen atoms in total. The molecule has 0 aliphatic heterocycles. The van der Waals surface area contributed by atoms with Gasteiger partial charge in [-0.3, -0.25) is 9.59 Å². The van der Waals surface area contributed by atoms with Gasteiger partial charge in [-0.15, -0.1) is 17.9 Å². The van der Waals surface area contributed by atoms with Crippen LogP contribution in [0.1, 0.15) is 22.0 Å². The van der Waals surface area contributed by atoms with Crippen LogP contribution in [0.25, 0.3) is 0 Å². The van der Waals surface area contributed by atoms with Crippen LogP contribution in [0, 0.1) is 0 Å². The lowest BCUT2D eigenvalue weighted by Gasteiger charge is -2.31. The Kier molecular flexibility index (Phi) is 9.31. The third-order valence-corrected chi connectivity index (χ3v) is 6.34. The highest BCUT2D eigenvalue weighted by molar-refractivity contribution is 7.10. The van der Waals surface area contributed by atoms with Crippen LogP contribution in [0.15, 0.2) is 72.6 Å². The Balaban J connectivity index is 1.93. The minimum absolute atomic E-state index is 0.174. The first-order valence-corrected chi connectivity index (χ1v) is 11.9. The summed E-state index contributed by atoms with van der Waals surface area (Å²) in [5.41, 5.74) is 1.52. The Bertz CT molecular complexity index is 1130. The molecule has 184 valence electrons. The number of benzene rings is 2. The summed E-state index contributed by atoms with van der Waals surface area (Å²) in [7, 11) is 4.68. The zero-order valence-electron chi connectivity index (χ0n) is 20.2. The fourth-order valence-electron chi connectivity index (χ4n) is 3.68. The van der Waals surface area contributed by atoms with Gasteiger partial charge in [0.05, 0.1) is 27.8 Å². The summed E-state index contributed by atoms with van der Waals surface area (Å²) in [4.78, 5) is 29.4. The van der Waals surface area contributed by atoms with Gasteiger partial charge in [0, 0.05) is 18.0 Å². The van der Waals surface area contributed by atoms with E-state index in [9.17, 15) is 9.59 Å². The van der Waals surface area contributed by atoms with Gasteiger partial charge in [0.25, 0.3) is 0 Å². The predicted molar refractivity (Wildman–Crippen MR) is 137 cm³/mol. The van der Waals surface area contributed by atoms with Crippen molar-refractivity contribution in [1.82, 2.24) is 10.2 Å². The van der Waals surface area contributed by atoms with Crippen molar-refractivity contribution in [2.24, 2.45) is 0 Å². The summed E-state index contributed by atoms with van der Waals surface area (Å²) in [5, 5.41) is 4.90. The van der Waals surface area contributed by atoms with Gasteiger partial charge in [0.2, 0.25) is 11.8 Å². The molecule has 2 aromatic carbocycles. The van der Waals surface area contributed by atoms with Gasteiger partial charge in [-0.25, -0.2) is 0 Å². The molecule has 1 atom stereocenters. The molecule has 35 heavy (non-hydrogen) atoms. The van der Waals surface area contributed by atoms with E-state index in [4.69, 9.17) is 14.2 Å². The second-order valence-electron chi connectivity index (χ2n) is 7.67. The molecule has 0 saturated heterocycles. The zero-order chi connectivity index (χ0) is 25.2. The van der Waals surface area contributed by atoms with Crippen LogP contribution in [0.4, 0.5) is 0 Å². The van der Waals surface area contributed by atoms with Gasteiger partial charge in [-0.05, 0) is 46.8 Å². The Hall–Kier alpha value is -3.78. The summed E-state index contributed by atoms with van der Waals surface area (Å²) >= 11 is 1.50. The first-order chi connectivity index (χ1) is 17.0. The quantitative estimate of drug-likeness (QED) is 0.378. The van der Waals surface area contributed by atoms with Gasteiger partial charge in [-0.2, -0.15) is 0 Å². The van der Waals surface area contributed by atoms with Gasteiger partial charge < -0.3 is 24.4 Å². The number of hydrogen-bond donors (Lipinski definition) is 1. The number of nitrogens with zero attached hydrogens (tertiary/aromatic N) is 1. The topological polar surface area (TPSA) is 77.1 Å². The maximum Gasteiger partial charge on any atom is 0.247 e. The third-order valence-electron chi connectivity index (χ3n) is 5.46. The van der Waals surface area contributed by atoms with Crippen molar-refractivity contribution in [1.29, 1.82) is 0 Å². The number of amides is 2. The number of methoxy groups -OCH3 is 3. The first-order valence-electron chi connectivity index (χ1n) is 11.1. The lowest BCUT2D eigenvalue weighted by atomic mass is 10.0. The van der Waals surface area contributed by atoms with Crippen molar-refractivity contribution >= 4 is 23.2 Å². The van der Waals surface area contributed by atoms with E-state index in [0.29, 0.717) is 23.6 Å². The molecule has 0 bridgehead atoms. The van der Waals surface area contributed by atoms with Crippen molar-refractivity contribution in [3.05, 3.63) is 88.6 Å². The SMILES string of the molecule is C=CCN(C(=O)Cc1cccs1)[C@H](C(=O)NCc1ccc(OC)cc1)c1ccc(OC)c(OC)c1. The molecular formula is C27H30N2O5S. The normalized spacial score (nSPS) is 11.3. The van der Waals surface area contributed by atoms with Crippen LogP contribution in [0.5, 0.6) is 17.2 Å². The molecule has 1 N–H and O–H groups in total. The Morgan fingerprint density at radius 1 is 1.03 bits per heavy atom. The minimum Gasteiger partial charge on any atom is -0.497 e. The lowest BCUT2D eigenvalue weighted by Crippen LogP contribution is -2.44. The number of rotatable bonds is 12. The van der Waals surface area contributed by atoms with Crippen LogP contribution < -0.4 is 19.5 Å². The van der Waals surface area contributed by atoms with Crippen molar-refractivity contribution in [2.75, 3.05) is 27.9 Å². The van der Waals surface area contributed by atoms with E-state index in [-0.39, 0.29) is 24.8 Å². The van der Waals surface area contributed by atoms with Crippen molar-refractivity contribution in [3.8, 4) is 17.2 Å². The Labute approximate surface area is 209 Å². The summed E-state index contributed by atoms with van der Waals surface area (Å²) < 4.78 is 16.0. The molecule has 0 aliphatic carbocycles. The number of carbonyl (C=O) groups excluding carboxylic acids is 2. The molecule has 0 radical (unpaired) electrons. The molecule has 2 amide bonds. The number of hydrogen-bond acceptors (Lipinski definition) is 6. The number of ether oxygens (including phenoxy) is 3. The summed E-state index contributed by atoms with van der Waals surface area (Å²) in [5.74, 6) is 1.26. The highest BCUT2D eigenvalue weighted by atomic mass is 32.1. The van der Waals surface area contributed by atoms with E-state index in [1.54, 1.807) is 38.5 Å². The number of nitrogens with one attached hydrogen (secondary N) is 1. The molecule has 1 heterocycles. The van der Waals surface area contributed by atoms with Crippen LogP contribution >= 0.6 is 11.3 Å². The molecule has 0 unspecified atom stereocenters. The van der Waals surface area contributed by atoms with Gasteiger partial charge in [-0.1, -0.05) is 30.3 Å². The summed E-state index contributed by atoms with van der Waals surface area (Å²) in [6.07, 6.45) is 1.82. The Morgan fingerprint density at radius 3 is 2.37 bits per heavy atom. The third kappa shape index (κ3) is 6.64. The van der Waals surface area contributed by atoms with Crippen molar-refractivity contribution in [2.45, 2.75) is 19.0 Å². The second-order valence-corrected chi connectivity index (χ2v) is 8.71. The highest BCUT2D eigenvalue weighted by Crippen LogP contribution is 2.32. The molecule has 1 aromatic heterocycles. The maximum atomic E-state index is 13.6. The van der Waals surface area contributed by atoms with E-state index in [0.717, 1.165) is 16.2 Å². The van der Waals surface area contributed by atoms with E-state index in [2.05, 4.69) is 11.9 Å². The van der Waals surface area contributed by atoms with Crippen LogP contribution in [-0.4, -0.2) is 44.6 Å². The molecule has 8 heteroatoms. The Morgan fingerprint density at radius 2 is 1.77 bits per heavy atom. The van der Waals surface area contributed by atoms with Crippen LogP contribution in [0.2, 0.25) is 0 Å². The number of thiophene rings is 1. The number of carbonyl (C=O) groups is 2. The van der Waals surface area contributed by atoms with Crippen LogP contribution in [0.3, 0.4) is 0 Å². The van der Waals surface area contributed by atoms with E-state index in [1.807, 2.05) is 41.8 Å².